The lowest BCUT2D eigenvalue weighted by molar-refractivity contribution is 0.189. The van der Waals surface area contributed by atoms with Crippen molar-refractivity contribution in [1.29, 1.82) is 0 Å². The molecule has 0 spiro atoms. The van der Waals surface area contributed by atoms with Gasteiger partial charge in [-0.1, -0.05) is 18.6 Å². The van der Waals surface area contributed by atoms with Crippen molar-refractivity contribution in [2.45, 2.75) is 39.7 Å². The molecule has 0 N–H and O–H groups in total. The molecule has 1 aliphatic carbocycles. The van der Waals surface area contributed by atoms with Gasteiger partial charge in [0, 0.05) is 39.2 Å². The number of hydrogen-bond acceptors (Lipinski definition) is 3. The van der Waals surface area contributed by atoms with Gasteiger partial charge in [0.2, 0.25) is 0 Å². The zero-order valence-corrected chi connectivity index (χ0v) is 13.3. The summed E-state index contributed by atoms with van der Waals surface area (Å²) < 4.78 is 1.45. The van der Waals surface area contributed by atoms with Gasteiger partial charge < -0.3 is 0 Å². The second-order valence-corrected chi connectivity index (χ2v) is 6.67. The molecule has 0 saturated heterocycles. The molecule has 0 bridgehead atoms. The first-order valence-electron chi connectivity index (χ1n) is 7.99. The number of allylic oxidation sites excluding steroid dienone is 1. The van der Waals surface area contributed by atoms with Crippen molar-refractivity contribution in [2.24, 2.45) is 18.9 Å². The van der Waals surface area contributed by atoms with E-state index in [0.717, 1.165) is 43.2 Å². The van der Waals surface area contributed by atoms with Gasteiger partial charge >= 0.3 is 0 Å². The molecule has 0 amide bonds. The minimum absolute atomic E-state index is 0.00212. The number of rotatable bonds is 2. The third kappa shape index (κ3) is 2.95. The van der Waals surface area contributed by atoms with Crippen molar-refractivity contribution in [3.63, 3.8) is 0 Å². The molecule has 1 aliphatic heterocycles. The quantitative estimate of drug-likeness (QED) is 0.782. The SMILES string of the molecule is CC1=CCC[C@@H](C)[C@H]1CN1CCc2nn(C)c(=O)cc2C1. The van der Waals surface area contributed by atoms with Gasteiger partial charge in [-0.2, -0.15) is 5.10 Å². The van der Waals surface area contributed by atoms with Gasteiger partial charge in [0.05, 0.1) is 5.69 Å². The molecule has 1 aromatic heterocycles. The highest BCUT2D eigenvalue weighted by Gasteiger charge is 2.26. The van der Waals surface area contributed by atoms with Gasteiger partial charge in [0.15, 0.2) is 0 Å². The van der Waals surface area contributed by atoms with E-state index < -0.39 is 0 Å². The summed E-state index contributed by atoms with van der Waals surface area (Å²) in [6, 6.07) is 1.77. The van der Waals surface area contributed by atoms with Crippen molar-refractivity contribution >= 4 is 0 Å². The van der Waals surface area contributed by atoms with Crippen LogP contribution in [-0.2, 0) is 20.0 Å². The predicted octanol–water partition coefficient (Wildman–Crippen LogP) is 2.13. The number of fused-ring (bicyclic) bond motifs is 1. The third-order valence-electron chi connectivity index (χ3n) is 5.13. The average molecular weight is 287 g/mol. The number of nitrogens with zero attached hydrogens (tertiary/aromatic N) is 3. The molecule has 3 rings (SSSR count). The summed E-state index contributed by atoms with van der Waals surface area (Å²) in [6.07, 6.45) is 5.88. The van der Waals surface area contributed by atoms with Crippen molar-refractivity contribution < 1.29 is 0 Å². The van der Waals surface area contributed by atoms with Crippen LogP contribution >= 0.6 is 0 Å². The molecule has 0 aromatic carbocycles. The molecule has 2 heterocycles. The molecule has 114 valence electrons. The summed E-state index contributed by atoms with van der Waals surface area (Å²) in [4.78, 5) is 14.3. The third-order valence-corrected chi connectivity index (χ3v) is 5.13. The molecule has 2 atom stereocenters. The highest BCUT2D eigenvalue weighted by Crippen LogP contribution is 2.31. The summed E-state index contributed by atoms with van der Waals surface area (Å²) in [7, 11) is 1.73. The van der Waals surface area contributed by atoms with Crippen LogP contribution in [-0.4, -0.2) is 27.8 Å². The second kappa shape index (κ2) is 5.76. The Bertz CT molecular complexity index is 617. The summed E-state index contributed by atoms with van der Waals surface area (Å²) >= 11 is 0. The minimum Gasteiger partial charge on any atom is -0.298 e. The van der Waals surface area contributed by atoms with E-state index in [1.54, 1.807) is 18.7 Å². The van der Waals surface area contributed by atoms with Gasteiger partial charge in [-0.05, 0) is 37.2 Å². The van der Waals surface area contributed by atoms with Gasteiger partial charge in [-0.25, -0.2) is 4.68 Å². The summed E-state index contributed by atoms with van der Waals surface area (Å²) in [5.74, 6) is 1.43. The highest BCUT2D eigenvalue weighted by molar-refractivity contribution is 5.21. The summed E-state index contributed by atoms with van der Waals surface area (Å²) in [6.45, 7) is 7.67. The monoisotopic (exact) mass is 287 g/mol. The molecular weight excluding hydrogens is 262 g/mol. The zero-order chi connectivity index (χ0) is 15.0. The van der Waals surface area contributed by atoms with Gasteiger partial charge in [-0.3, -0.25) is 9.69 Å². The van der Waals surface area contributed by atoms with Crippen molar-refractivity contribution in [1.82, 2.24) is 14.7 Å². The molecular formula is C17H25N3O. The Morgan fingerprint density at radius 1 is 1.43 bits per heavy atom. The van der Waals surface area contributed by atoms with Crippen LogP contribution in [0.15, 0.2) is 22.5 Å². The van der Waals surface area contributed by atoms with E-state index in [4.69, 9.17) is 0 Å². The maximum Gasteiger partial charge on any atom is 0.266 e. The maximum absolute atomic E-state index is 11.8. The van der Waals surface area contributed by atoms with E-state index in [-0.39, 0.29) is 5.56 Å². The molecule has 0 unspecified atom stereocenters. The fraction of sp³-hybridized carbons (Fsp3) is 0.647. The number of hydrogen-bond donors (Lipinski definition) is 0. The Morgan fingerprint density at radius 2 is 2.24 bits per heavy atom. The lowest BCUT2D eigenvalue weighted by atomic mass is 9.79. The first kappa shape index (κ1) is 14.5. The lowest BCUT2D eigenvalue weighted by Crippen LogP contribution is -2.39. The second-order valence-electron chi connectivity index (χ2n) is 6.67. The van der Waals surface area contributed by atoms with Gasteiger partial charge in [-0.15, -0.1) is 0 Å². The van der Waals surface area contributed by atoms with Crippen LogP contribution in [0.25, 0.3) is 0 Å². The lowest BCUT2D eigenvalue weighted by Gasteiger charge is -2.36. The van der Waals surface area contributed by atoms with E-state index in [0.29, 0.717) is 5.92 Å². The Kier molecular flexibility index (Phi) is 3.98. The standard InChI is InChI=1S/C17H25N3O/c1-12-5-4-6-13(2)15(12)11-20-8-7-16-14(10-20)9-17(21)19(3)18-16/h5,9,13,15H,4,6-8,10-11H2,1-3H3/t13-,15+/m1/s1. The smallest absolute Gasteiger partial charge is 0.266 e. The molecule has 0 fully saturated rings. The Balaban J connectivity index is 1.74. The van der Waals surface area contributed by atoms with Gasteiger partial charge in [0.25, 0.3) is 5.56 Å². The first-order valence-corrected chi connectivity index (χ1v) is 7.99. The van der Waals surface area contributed by atoms with Crippen molar-refractivity contribution in [3.8, 4) is 0 Å². The molecule has 0 radical (unpaired) electrons. The van der Waals surface area contributed by atoms with E-state index >= 15 is 0 Å². The van der Waals surface area contributed by atoms with E-state index in [2.05, 4.69) is 29.9 Å². The Labute approximate surface area is 126 Å². The summed E-state index contributed by atoms with van der Waals surface area (Å²) in [5.41, 5.74) is 3.76. The van der Waals surface area contributed by atoms with Crippen LogP contribution in [0.1, 0.15) is 37.9 Å². The van der Waals surface area contributed by atoms with Crippen LogP contribution in [0.4, 0.5) is 0 Å². The molecule has 0 saturated carbocycles. The normalized spacial score (nSPS) is 26.3. The Hall–Kier alpha value is -1.42. The molecule has 4 heteroatoms. The van der Waals surface area contributed by atoms with E-state index in [1.165, 1.54) is 17.5 Å². The van der Waals surface area contributed by atoms with Crippen LogP contribution in [0.3, 0.4) is 0 Å². The highest BCUT2D eigenvalue weighted by atomic mass is 16.1. The molecule has 4 nitrogen and oxygen atoms in total. The topological polar surface area (TPSA) is 38.1 Å². The molecule has 21 heavy (non-hydrogen) atoms. The predicted molar refractivity (Wildman–Crippen MR) is 84.1 cm³/mol. The fourth-order valence-electron chi connectivity index (χ4n) is 3.68. The summed E-state index contributed by atoms with van der Waals surface area (Å²) in [5, 5.41) is 4.39. The minimum atomic E-state index is -0.00212. The number of aromatic nitrogens is 2. The van der Waals surface area contributed by atoms with Crippen molar-refractivity contribution in [3.05, 3.63) is 39.3 Å². The van der Waals surface area contributed by atoms with Crippen LogP contribution in [0.5, 0.6) is 0 Å². The maximum atomic E-state index is 11.8. The molecule has 2 aliphatic rings. The largest absolute Gasteiger partial charge is 0.298 e. The Morgan fingerprint density at radius 3 is 3.00 bits per heavy atom. The van der Waals surface area contributed by atoms with Crippen LogP contribution in [0.2, 0.25) is 0 Å². The van der Waals surface area contributed by atoms with Crippen LogP contribution in [0, 0.1) is 11.8 Å². The molecule has 1 aromatic rings. The van der Waals surface area contributed by atoms with Gasteiger partial charge in [0.1, 0.15) is 0 Å². The average Bonchev–Trinajstić information content (AvgIpc) is 2.44. The van der Waals surface area contributed by atoms with E-state index in [9.17, 15) is 4.79 Å². The zero-order valence-electron chi connectivity index (χ0n) is 13.3. The number of aryl methyl sites for hydroxylation is 1. The van der Waals surface area contributed by atoms with Crippen LogP contribution < -0.4 is 5.56 Å². The fourth-order valence-corrected chi connectivity index (χ4v) is 3.68. The van der Waals surface area contributed by atoms with Crippen molar-refractivity contribution in [2.75, 3.05) is 13.1 Å². The first-order chi connectivity index (χ1) is 10.0. The van der Waals surface area contributed by atoms with E-state index in [1.807, 2.05) is 0 Å².